The number of carbonyl (C=O) groups excluding carboxylic acids is 1. The lowest BCUT2D eigenvalue weighted by molar-refractivity contribution is -0.120. The van der Waals surface area contributed by atoms with Gasteiger partial charge in [-0.15, -0.1) is 0 Å². The SMILES string of the molecule is CCOc1ccc(S(=O)(=O)NC(=O)C[C@H](C)CC(C)C)cc1. The Bertz CT molecular complexity index is 579. The van der Waals surface area contributed by atoms with E-state index in [1.807, 2.05) is 13.8 Å². The third kappa shape index (κ3) is 6.05. The van der Waals surface area contributed by atoms with Crippen LogP contribution >= 0.6 is 0 Å². The minimum Gasteiger partial charge on any atom is -0.494 e. The maximum absolute atomic E-state index is 12.1. The molecule has 0 unspecified atom stereocenters. The molecule has 1 aromatic rings. The van der Waals surface area contributed by atoms with E-state index in [9.17, 15) is 13.2 Å². The topological polar surface area (TPSA) is 72.5 Å². The fraction of sp³-hybridized carbons (Fsp3) is 0.562. The van der Waals surface area contributed by atoms with Crippen LogP contribution in [0.3, 0.4) is 0 Å². The predicted octanol–water partition coefficient (Wildman–Crippen LogP) is 2.96. The van der Waals surface area contributed by atoms with Crippen LogP contribution in [0.4, 0.5) is 0 Å². The van der Waals surface area contributed by atoms with E-state index in [2.05, 4.69) is 18.6 Å². The number of sulfonamides is 1. The van der Waals surface area contributed by atoms with E-state index >= 15 is 0 Å². The molecule has 22 heavy (non-hydrogen) atoms. The summed E-state index contributed by atoms with van der Waals surface area (Å²) < 4.78 is 31.7. The summed E-state index contributed by atoms with van der Waals surface area (Å²) in [5, 5.41) is 0. The molecule has 0 fully saturated rings. The molecule has 1 amide bonds. The van der Waals surface area contributed by atoms with Crippen LogP contribution in [0, 0.1) is 11.8 Å². The minimum atomic E-state index is -3.82. The molecule has 5 nitrogen and oxygen atoms in total. The van der Waals surface area contributed by atoms with Gasteiger partial charge in [0.1, 0.15) is 5.75 Å². The maximum Gasteiger partial charge on any atom is 0.264 e. The number of rotatable bonds is 8. The van der Waals surface area contributed by atoms with Crippen molar-refractivity contribution in [2.75, 3.05) is 6.61 Å². The molecule has 0 heterocycles. The fourth-order valence-electron chi connectivity index (χ4n) is 2.34. The molecule has 1 aromatic carbocycles. The zero-order valence-electron chi connectivity index (χ0n) is 13.6. The largest absolute Gasteiger partial charge is 0.494 e. The summed E-state index contributed by atoms with van der Waals surface area (Å²) in [7, 11) is -3.82. The maximum atomic E-state index is 12.1. The van der Waals surface area contributed by atoms with Gasteiger partial charge < -0.3 is 4.74 Å². The normalized spacial score (nSPS) is 13.0. The first-order valence-electron chi connectivity index (χ1n) is 7.53. The van der Waals surface area contributed by atoms with Crippen LogP contribution in [0.25, 0.3) is 0 Å². The standard InChI is InChI=1S/C16H25NO4S/c1-5-21-14-6-8-15(9-7-14)22(19,20)17-16(18)11-13(4)10-12(2)3/h6-9,12-13H,5,10-11H2,1-4H3,(H,17,18)/t13-/m1/s1. The summed E-state index contributed by atoms with van der Waals surface area (Å²) in [6, 6.07) is 6.00. The number of carbonyl (C=O) groups is 1. The molecule has 6 heteroatoms. The van der Waals surface area contributed by atoms with Crippen molar-refractivity contribution in [1.29, 1.82) is 0 Å². The van der Waals surface area contributed by atoms with E-state index in [0.29, 0.717) is 18.3 Å². The molecule has 0 aliphatic carbocycles. The van der Waals surface area contributed by atoms with Crippen molar-refractivity contribution in [3.05, 3.63) is 24.3 Å². The molecule has 1 N–H and O–H groups in total. The molecule has 0 spiro atoms. The number of benzene rings is 1. The van der Waals surface area contributed by atoms with E-state index in [-0.39, 0.29) is 17.2 Å². The summed E-state index contributed by atoms with van der Waals surface area (Å²) in [4.78, 5) is 11.9. The number of hydrogen-bond donors (Lipinski definition) is 1. The number of amides is 1. The van der Waals surface area contributed by atoms with Crippen molar-refractivity contribution < 1.29 is 17.9 Å². The first-order valence-corrected chi connectivity index (χ1v) is 9.01. The van der Waals surface area contributed by atoms with E-state index in [0.717, 1.165) is 6.42 Å². The highest BCUT2D eigenvalue weighted by atomic mass is 32.2. The Kier molecular flexibility index (Phi) is 6.87. The average molecular weight is 327 g/mol. The molecule has 0 radical (unpaired) electrons. The average Bonchev–Trinajstić information content (AvgIpc) is 2.37. The highest BCUT2D eigenvalue weighted by molar-refractivity contribution is 7.90. The van der Waals surface area contributed by atoms with Crippen LogP contribution in [0.2, 0.25) is 0 Å². The van der Waals surface area contributed by atoms with Crippen molar-refractivity contribution in [1.82, 2.24) is 4.72 Å². The lowest BCUT2D eigenvalue weighted by atomic mass is 9.96. The molecule has 0 aromatic heterocycles. The first kappa shape index (κ1) is 18.5. The van der Waals surface area contributed by atoms with Crippen LogP contribution in [0.5, 0.6) is 5.75 Å². The Balaban J connectivity index is 2.68. The lowest BCUT2D eigenvalue weighted by Crippen LogP contribution is -2.31. The highest BCUT2D eigenvalue weighted by Crippen LogP contribution is 2.17. The van der Waals surface area contributed by atoms with Gasteiger partial charge in [-0.05, 0) is 49.4 Å². The molecule has 1 rings (SSSR count). The number of ether oxygens (including phenoxy) is 1. The fourth-order valence-corrected chi connectivity index (χ4v) is 3.33. The van der Waals surface area contributed by atoms with Gasteiger partial charge >= 0.3 is 0 Å². The summed E-state index contributed by atoms with van der Waals surface area (Å²) in [5.74, 6) is 0.751. The van der Waals surface area contributed by atoms with Crippen LogP contribution in [0.15, 0.2) is 29.2 Å². The monoisotopic (exact) mass is 327 g/mol. The molecule has 0 saturated heterocycles. The minimum absolute atomic E-state index is 0.0563. The summed E-state index contributed by atoms with van der Waals surface area (Å²) in [5.41, 5.74) is 0. The zero-order chi connectivity index (χ0) is 16.8. The van der Waals surface area contributed by atoms with Gasteiger partial charge in [0.2, 0.25) is 5.91 Å². The van der Waals surface area contributed by atoms with E-state index < -0.39 is 15.9 Å². The second-order valence-corrected chi connectivity index (χ2v) is 7.55. The van der Waals surface area contributed by atoms with Crippen molar-refractivity contribution in [2.24, 2.45) is 11.8 Å². The summed E-state index contributed by atoms with van der Waals surface area (Å²) in [6.07, 6.45) is 1.09. The van der Waals surface area contributed by atoms with Gasteiger partial charge in [-0.3, -0.25) is 4.79 Å². The molecule has 124 valence electrons. The van der Waals surface area contributed by atoms with Gasteiger partial charge in [0.05, 0.1) is 11.5 Å². The third-order valence-corrected chi connectivity index (χ3v) is 4.49. The molecule has 0 aliphatic rings. The van der Waals surface area contributed by atoms with Crippen LogP contribution < -0.4 is 9.46 Å². The first-order chi connectivity index (χ1) is 10.2. The van der Waals surface area contributed by atoms with Gasteiger partial charge in [0.15, 0.2) is 0 Å². The quantitative estimate of drug-likeness (QED) is 0.797. The Hall–Kier alpha value is -1.56. The Labute approximate surface area is 133 Å². The van der Waals surface area contributed by atoms with Gasteiger partial charge in [0.25, 0.3) is 10.0 Å². The molecule has 0 bridgehead atoms. The predicted molar refractivity (Wildman–Crippen MR) is 86.2 cm³/mol. The lowest BCUT2D eigenvalue weighted by Gasteiger charge is -2.14. The van der Waals surface area contributed by atoms with Crippen molar-refractivity contribution in [2.45, 2.75) is 45.4 Å². The molecule has 0 saturated carbocycles. The third-order valence-electron chi connectivity index (χ3n) is 3.10. The van der Waals surface area contributed by atoms with E-state index in [4.69, 9.17) is 4.74 Å². The summed E-state index contributed by atoms with van der Waals surface area (Å²) >= 11 is 0. The van der Waals surface area contributed by atoms with Gasteiger partial charge in [-0.25, -0.2) is 13.1 Å². The van der Waals surface area contributed by atoms with Crippen molar-refractivity contribution in [3.63, 3.8) is 0 Å². The smallest absolute Gasteiger partial charge is 0.264 e. The Morgan fingerprint density at radius 1 is 1.18 bits per heavy atom. The van der Waals surface area contributed by atoms with E-state index in [1.54, 1.807) is 12.1 Å². The van der Waals surface area contributed by atoms with Gasteiger partial charge in [0, 0.05) is 6.42 Å². The van der Waals surface area contributed by atoms with Crippen molar-refractivity contribution >= 4 is 15.9 Å². The molecular formula is C16H25NO4S. The second-order valence-electron chi connectivity index (χ2n) is 5.87. The van der Waals surface area contributed by atoms with Crippen LogP contribution in [-0.2, 0) is 14.8 Å². The Morgan fingerprint density at radius 2 is 1.77 bits per heavy atom. The zero-order valence-corrected chi connectivity index (χ0v) is 14.4. The van der Waals surface area contributed by atoms with Gasteiger partial charge in [-0.2, -0.15) is 0 Å². The Morgan fingerprint density at radius 3 is 2.27 bits per heavy atom. The highest BCUT2D eigenvalue weighted by Gasteiger charge is 2.19. The van der Waals surface area contributed by atoms with Crippen LogP contribution in [-0.4, -0.2) is 20.9 Å². The number of hydrogen-bond acceptors (Lipinski definition) is 4. The molecular weight excluding hydrogens is 302 g/mol. The van der Waals surface area contributed by atoms with E-state index in [1.165, 1.54) is 12.1 Å². The van der Waals surface area contributed by atoms with Crippen LogP contribution in [0.1, 0.15) is 40.5 Å². The molecule has 0 aliphatic heterocycles. The summed E-state index contributed by atoms with van der Waals surface area (Å²) in [6.45, 7) is 8.46. The number of nitrogens with one attached hydrogen (secondary N) is 1. The van der Waals surface area contributed by atoms with Gasteiger partial charge in [-0.1, -0.05) is 20.8 Å². The molecule has 1 atom stereocenters. The van der Waals surface area contributed by atoms with Crippen molar-refractivity contribution in [3.8, 4) is 5.75 Å². The second kappa shape index (κ2) is 8.17.